The van der Waals surface area contributed by atoms with Gasteiger partial charge in [-0.1, -0.05) is 15.9 Å². The van der Waals surface area contributed by atoms with Crippen LogP contribution in [0.3, 0.4) is 0 Å². The number of amides is 1. The third-order valence-electron chi connectivity index (χ3n) is 3.08. The van der Waals surface area contributed by atoms with Gasteiger partial charge >= 0.3 is 6.09 Å². The molecule has 20 heavy (non-hydrogen) atoms. The maximum atomic E-state index is 11.8. The Morgan fingerprint density at radius 2 is 2.05 bits per heavy atom. The molecule has 1 aliphatic heterocycles. The highest BCUT2D eigenvalue weighted by Gasteiger charge is 2.33. The number of carbonyl (C=O) groups is 1. The quantitative estimate of drug-likeness (QED) is 0.890. The van der Waals surface area contributed by atoms with Gasteiger partial charge in [-0.3, -0.25) is 0 Å². The van der Waals surface area contributed by atoms with Gasteiger partial charge in [-0.05, 0) is 51.5 Å². The van der Waals surface area contributed by atoms with E-state index < -0.39 is 5.60 Å². The number of halogens is 1. The number of nitrogens with zero attached hydrogens (tertiary/aromatic N) is 1. The highest BCUT2D eigenvalue weighted by Crippen LogP contribution is 2.23. The van der Waals surface area contributed by atoms with Gasteiger partial charge in [0.15, 0.2) is 0 Å². The molecule has 1 aromatic carbocycles. The molecule has 0 saturated carbocycles. The minimum atomic E-state index is -0.433. The second-order valence-corrected chi connectivity index (χ2v) is 7.10. The van der Waals surface area contributed by atoms with E-state index in [1.807, 2.05) is 26.8 Å². The molecule has 1 saturated heterocycles. The van der Waals surface area contributed by atoms with Crippen LogP contribution in [0.25, 0.3) is 0 Å². The first-order chi connectivity index (χ1) is 9.24. The average Bonchev–Trinajstić information content (AvgIpc) is 2.22. The molecule has 110 valence electrons. The Morgan fingerprint density at radius 3 is 2.60 bits per heavy atom. The second-order valence-electron chi connectivity index (χ2n) is 6.19. The molecule has 5 heteroatoms. The van der Waals surface area contributed by atoms with E-state index in [9.17, 15) is 4.79 Å². The topological polar surface area (TPSA) is 41.6 Å². The number of rotatable bonds is 2. The van der Waals surface area contributed by atoms with E-state index in [4.69, 9.17) is 4.74 Å². The van der Waals surface area contributed by atoms with E-state index in [0.29, 0.717) is 19.1 Å². The number of likely N-dealkylation sites (tertiary alicyclic amines) is 1. The minimum Gasteiger partial charge on any atom is -0.444 e. The van der Waals surface area contributed by atoms with Gasteiger partial charge in [-0.2, -0.15) is 0 Å². The van der Waals surface area contributed by atoms with Crippen LogP contribution in [0.2, 0.25) is 0 Å². The van der Waals surface area contributed by atoms with Crippen molar-refractivity contribution >= 4 is 27.7 Å². The molecule has 2 rings (SSSR count). The van der Waals surface area contributed by atoms with E-state index in [0.717, 1.165) is 10.2 Å². The summed E-state index contributed by atoms with van der Waals surface area (Å²) >= 11 is 3.45. The average molecular weight is 341 g/mol. The fourth-order valence-corrected chi connectivity index (χ4v) is 2.53. The molecule has 0 unspecified atom stereocenters. The minimum absolute atomic E-state index is 0.233. The third kappa shape index (κ3) is 3.88. The maximum absolute atomic E-state index is 11.8. The van der Waals surface area contributed by atoms with Crippen LogP contribution >= 0.6 is 15.9 Å². The summed E-state index contributed by atoms with van der Waals surface area (Å²) in [5.74, 6) is 0. The largest absolute Gasteiger partial charge is 0.444 e. The SMILES string of the molecule is Cc1cc(Br)ccc1NC1CN(C(=O)OC(C)(C)C)C1. The van der Waals surface area contributed by atoms with Gasteiger partial charge < -0.3 is 15.0 Å². The molecule has 1 aromatic rings. The van der Waals surface area contributed by atoms with Gasteiger partial charge in [-0.15, -0.1) is 0 Å². The lowest BCUT2D eigenvalue weighted by atomic mass is 10.1. The first-order valence-corrected chi connectivity index (χ1v) is 7.54. The molecule has 0 atom stereocenters. The van der Waals surface area contributed by atoms with Crippen LogP contribution in [0.15, 0.2) is 22.7 Å². The predicted molar refractivity (Wildman–Crippen MR) is 84.1 cm³/mol. The van der Waals surface area contributed by atoms with Gasteiger partial charge in [-0.25, -0.2) is 4.79 Å². The highest BCUT2D eigenvalue weighted by molar-refractivity contribution is 9.10. The Balaban J connectivity index is 1.83. The number of benzene rings is 1. The summed E-state index contributed by atoms with van der Waals surface area (Å²) in [6, 6.07) is 6.43. The zero-order chi connectivity index (χ0) is 14.9. The lowest BCUT2D eigenvalue weighted by molar-refractivity contribution is 0.0105. The maximum Gasteiger partial charge on any atom is 0.410 e. The molecule has 0 radical (unpaired) electrons. The lowest BCUT2D eigenvalue weighted by Crippen LogP contribution is -2.58. The Morgan fingerprint density at radius 1 is 1.40 bits per heavy atom. The molecule has 1 amide bonds. The van der Waals surface area contributed by atoms with E-state index in [-0.39, 0.29) is 6.09 Å². The third-order valence-corrected chi connectivity index (χ3v) is 3.57. The standard InChI is InChI=1S/C15H21BrN2O2/c1-10-7-11(16)5-6-13(10)17-12-8-18(9-12)14(19)20-15(2,3)4/h5-7,12,17H,8-9H2,1-4H3. The first kappa shape index (κ1) is 15.2. The Kier molecular flexibility index (Phi) is 4.28. The van der Waals surface area contributed by atoms with E-state index in [1.165, 1.54) is 5.56 Å². The van der Waals surface area contributed by atoms with Crippen LogP contribution in [0.5, 0.6) is 0 Å². The molecule has 1 N–H and O–H groups in total. The van der Waals surface area contributed by atoms with Crippen LogP contribution in [0, 0.1) is 6.92 Å². The van der Waals surface area contributed by atoms with Crippen molar-refractivity contribution in [3.8, 4) is 0 Å². The van der Waals surface area contributed by atoms with E-state index in [1.54, 1.807) is 4.90 Å². The number of ether oxygens (including phenoxy) is 1. The molecule has 0 aromatic heterocycles. The van der Waals surface area contributed by atoms with Crippen molar-refractivity contribution < 1.29 is 9.53 Å². The summed E-state index contributed by atoms with van der Waals surface area (Å²) in [7, 11) is 0. The summed E-state index contributed by atoms with van der Waals surface area (Å²) in [6.45, 7) is 9.08. The Hall–Kier alpha value is -1.23. The molecule has 0 spiro atoms. The van der Waals surface area contributed by atoms with Crippen molar-refractivity contribution in [2.75, 3.05) is 18.4 Å². The van der Waals surface area contributed by atoms with Crippen molar-refractivity contribution in [2.24, 2.45) is 0 Å². The normalized spacial score (nSPS) is 15.8. The summed E-state index contributed by atoms with van der Waals surface area (Å²) in [4.78, 5) is 13.5. The van der Waals surface area contributed by atoms with Crippen LogP contribution in [-0.4, -0.2) is 35.7 Å². The lowest BCUT2D eigenvalue weighted by Gasteiger charge is -2.40. The van der Waals surface area contributed by atoms with Gasteiger partial charge in [0, 0.05) is 23.2 Å². The zero-order valence-electron chi connectivity index (χ0n) is 12.4. The fraction of sp³-hybridized carbons (Fsp3) is 0.533. The smallest absolute Gasteiger partial charge is 0.410 e. The van der Waals surface area contributed by atoms with E-state index >= 15 is 0 Å². The number of carbonyl (C=O) groups excluding carboxylic acids is 1. The van der Waals surface area contributed by atoms with Gasteiger partial charge in [0.2, 0.25) is 0 Å². The van der Waals surface area contributed by atoms with Crippen molar-refractivity contribution in [2.45, 2.75) is 39.3 Å². The molecule has 4 nitrogen and oxygen atoms in total. The van der Waals surface area contributed by atoms with Crippen LogP contribution < -0.4 is 5.32 Å². The molecular weight excluding hydrogens is 320 g/mol. The summed E-state index contributed by atoms with van der Waals surface area (Å²) in [5.41, 5.74) is 1.87. The molecule has 1 fully saturated rings. The second kappa shape index (κ2) is 5.64. The van der Waals surface area contributed by atoms with Gasteiger partial charge in [0.25, 0.3) is 0 Å². The molecule has 0 bridgehead atoms. The molecule has 1 heterocycles. The number of anilines is 1. The number of hydrogen-bond donors (Lipinski definition) is 1. The van der Waals surface area contributed by atoms with Crippen molar-refractivity contribution in [1.82, 2.24) is 4.90 Å². The van der Waals surface area contributed by atoms with Crippen molar-refractivity contribution in [3.63, 3.8) is 0 Å². The van der Waals surface area contributed by atoms with Crippen molar-refractivity contribution in [3.05, 3.63) is 28.2 Å². The van der Waals surface area contributed by atoms with Gasteiger partial charge in [0.1, 0.15) is 5.60 Å². The van der Waals surface area contributed by atoms with Crippen LogP contribution in [0.1, 0.15) is 26.3 Å². The molecular formula is C15H21BrN2O2. The van der Waals surface area contributed by atoms with Crippen LogP contribution in [-0.2, 0) is 4.74 Å². The Labute approximate surface area is 128 Å². The van der Waals surface area contributed by atoms with Crippen LogP contribution in [0.4, 0.5) is 10.5 Å². The van der Waals surface area contributed by atoms with Gasteiger partial charge in [0.05, 0.1) is 6.04 Å². The number of aryl methyl sites for hydroxylation is 1. The monoisotopic (exact) mass is 340 g/mol. The highest BCUT2D eigenvalue weighted by atomic mass is 79.9. The zero-order valence-corrected chi connectivity index (χ0v) is 14.0. The summed E-state index contributed by atoms with van der Waals surface area (Å²) < 4.78 is 6.41. The molecule has 1 aliphatic rings. The Bertz CT molecular complexity index is 505. The molecule has 0 aliphatic carbocycles. The first-order valence-electron chi connectivity index (χ1n) is 6.75. The number of hydrogen-bond acceptors (Lipinski definition) is 3. The summed E-state index contributed by atoms with van der Waals surface area (Å²) in [6.07, 6.45) is -0.233. The van der Waals surface area contributed by atoms with E-state index in [2.05, 4.69) is 40.3 Å². The van der Waals surface area contributed by atoms with Crippen molar-refractivity contribution in [1.29, 1.82) is 0 Å². The number of nitrogens with one attached hydrogen (secondary N) is 1. The summed E-state index contributed by atoms with van der Waals surface area (Å²) in [5, 5.41) is 3.45. The fourth-order valence-electron chi connectivity index (χ4n) is 2.05. The predicted octanol–water partition coefficient (Wildman–Crippen LogP) is 3.79.